The van der Waals surface area contributed by atoms with Crippen molar-refractivity contribution in [1.82, 2.24) is 9.97 Å². The van der Waals surface area contributed by atoms with E-state index in [0.717, 1.165) is 17.0 Å². The highest BCUT2D eigenvalue weighted by Crippen LogP contribution is 2.27. The fourth-order valence-electron chi connectivity index (χ4n) is 1.58. The van der Waals surface area contributed by atoms with Gasteiger partial charge in [0.05, 0.1) is 11.4 Å². The van der Waals surface area contributed by atoms with Crippen LogP contribution in [0.15, 0.2) is 36.5 Å². The summed E-state index contributed by atoms with van der Waals surface area (Å²) in [4.78, 5) is 8.61. The van der Waals surface area contributed by atoms with Crippen LogP contribution in [0.5, 0.6) is 0 Å². The predicted molar refractivity (Wildman–Crippen MR) is 71.2 cm³/mol. The Bertz CT molecular complexity index is 515. The maximum absolute atomic E-state index is 6.07. The van der Waals surface area contributed by atoms with Gasteiger partial charge in [-0.15, -0.1) is 0 Å². The van der Waals surface area contributed by atoms with Crippen LogP contribution < -0.4 is 0 Å². The van der Waals surface area contributed by atoms with Crippen molar-refractivity contribution in [1.29, 1.82) is 0 Å². The van der Waals surface area contributed by atoms with Gasteiger partial charge in [-0.3, -0.25) is 4.98 Å². The molecule has 0 saturated carbocycles. The van der Waals surface area contributed by atoms with Gasteiger partial charge in [0.1, 0.15) is 5.15 Å². The lowest BCUT2D eigenvalue weighted by molar-refractivity contribution is 0.589. The molecular formula is C14H15ClN2. The molecule has 88 valence electrons. The summed E-state index contributed by atoms with van der Waals surface area (Å²) in [5, 5.41) is 0.512. The first-order valence-corrected chi connectivity index (χ1v) is 5.94. The molecular weight excluding hydrogens is 232 g/mol. The van der Waals surface area contributed by atoms with Gasteiger partial charge in [0.2, 0.25) is 0 Å². The van der Waals surface area contributed by atoms with E-state index < -0.39 is 0 Å². The van der Waals surface area contributed by atoms with Crippen LogP contribution in [0.2, 0.25) is 5.15 Å². The topological polar surface area (TPSA) is 25.8 Å². The number of halogens is 1. The summed E-state index contributed by atoms with van der Waals surface area (Å²) >= 11 is 6.07. The number of nitrogens with zero attached hydrogens (tertiary/aromatic N) is 2. The Kier molecular flexibility index (Phi) is 3.16. The second-order valence-corrected chi connectivity index (χ2v) is 5.42. The largest absolute Gasteiger partial charge is 0.255 e. The quantitative estimate of drug-likeness (QED) is 0.708. The highest BCUT2D eigenvalue weighted by atomic mass is 35.5. The molecule has 0 radical (unpaired) electrons. The third-order valence-electron chi connectivity index (χ3n) is 2.59. The predicted octanol–water partition coefficient (Wildman–Crippen LogP) is 4.09. The minimum atomic E-state index is 0.0517. The van der Waals surface area contributed by atoms with E-state index in [1.165, 1.54) is 0 Å². The maximum Gasteiger partial charge on any atom is 0.130 e. The van der Waals surface area contributed by atoms with Crippen molar-refractivity contribution in [3.63, 3.8) is 0 Å². The Balaban J connectivity index is 2.54. The molecule has 2 heterocycles. The van der Waals surface area contributed by atoms with Gasteiger partial charge >= 0.3 is 0 Å². The van der Waals surface area contributed by atoms with Crippen LogP contribution in [-0.4, -0.2) is 9.97 Å². The molecule has 0 N–H and O–H groups in total. The van der Waals surface area contributed by atoms with Gasteiger partial charge in [-0.25, -0.2) is 4.98 Å². The van der Waals surface area contributed by atoms with Gasteiger partial charge in [-0.05, 0) is 35.2 Å². The summed E-state index contributed by atoms with van der Waals surface area (Å²) in [5.74, 6) is 0. The van der Waals surface area contributed by atoms with Crippen LogP contribution in [0.1, 0.15) is 26.3 Å². The van der Waals surface area contributed by atoms with Crippen molar-refractivity contribution < 1.29 is 0 Å². The molecule has 0 aliphatic rings. The van der Waals surface area contributed by atoms with E-state index in [1.807, 2.05) is 30.3 Å². The fraction of sp³-hybridized carbons (Fsp3) is 0.286. The molecule has 3 heteroatoms. The molecule has 0 spiro atoms. The minimum absolute atomic E-state index is 0.0517. The molecule has 0 aliphatic carbocycles. The van der Waals surface area contributed by atoms with Crippen LogP contribution in [0.3, 0.4) is 0 Å². The van der Waals surface area contributed by atoms with E-state index >= 15 is 0 Å². The fourth-order valence-corrected chi connectivity index (χ4v) is 1.78. The smallest absolute Gasteiger partial charge is 0.130 e. The maximum atomic E-state index is 6.07. The average Bonchev–Trinajstić information content (AvgIpc) is 2.28. The minimum Gasteiger partial charge on any atom is -0.255 e. The lowest BCUT2D eigenvalue weighted by atomic mass is 9.87. The van der Waals surface area contributed by atoms with Gasteiger partial charge < -0.3 is 0 Å². The highest BCUT2D eigenvalue weighted by molar-refractivity contribution is 6.29. The first kappa shape index (κ1) is 12.1. The molecule has 0 atom stereocenters. The first-order valence-electron chi connectivity index (χ1n) is 5.56. The van der Waals surface area contributed by atoms with Gasteiger partial charge in [0.25, 0.3) is 0 Å². The molecule has 0 unspecified atom stereocenters. The molecule has 2 nitrogen and oxygen atoms in total. The second kappa shape index (κ2) is 4.46. The summed E-state index contributed by atoms with van der Waals surface area (Å²) in [6, 6.07) is 9.73. The first-order chi connectivity index (χ1) is 7.97. The zero-order chi connectivity index (χ0) is 12.5. The highest BCUT2D eigenvalue weighted by Gasteiger charge is 2.16. The molecule has 0 amide bonds. The van der Waals surface area contributed by atoms with E-state index in [4.69, 9.17) is 11.6 Å². The van der Waals surface area contributed by atoms with E-state index in [2.05, 4.69) is 30.7 Å². The number of aromatic nitrogens is 2. The van der Waals surface area contributed by atoms with E-state index in [1.54, 1.807) is 6.20 Å². The normalized spacial score (nSPS) is 11.5. The summed E-state index contributed by atoms with van der Waals surface area (Å²) in [7, 11) is 0. The number of hydrogen-bond acceptors (Lipinski definition) is 2. The van der Waals surface area contributed by atoms with Gasteiger partial charge in [-0.2, -0.15) is 0 Å². The van der Waals surface area contributed by atoms with Crippen LogP contribution in [-0.2, 0) is 5.41 Å². The molecule has 2 rings (SSSR count). The lowest BCUT2D eigenvalue weighted by Gasteiger charge is -2.19. The molecule has 0 fully saturated rings. The standard InChI is InChI=1S/C14H15ClN2/c1-14(2,3)10-8-12(17-13(15)9-10)11-6-4-5-7-16-11/h4-9H,1-3H3. The molecule has 0 aromatic carbocycles. The molecule has 0 saturated heterocycles. The summed E-state index contributed by atoms with van der Waals surface area (Å²) in [6.45, 7) is 6.46. The van der Waals surface area contributed by atoms with E-state index in [9.17, 15) is 0 Å². The monoisotopic (exact) mass is 246 g/mol. The zero-order valence-corrected chi connectivity index (χ0v) is 11.0. The Morgan fingerprint density at radius 3 is 2.41 bits per heavy atom. The molecule has 17 heavy (non-hydrogen) atoms. The zero-order valence-electron chi connectivity index (χ0n) is 10.2. The van der Waals surface area contributed by atoms with Crippen molar-refractivity contribution in [2.75, 3.05) is 0 Å². The third-order valence-corrected chi connectivity index (χ3v) is 2.78. The number of pyridine rings is 2. The Morgan fingerprint density at radius 2 is 1.82 bits per heavy atom. The van der Waals surface area contributed by atoms with Gasteiger partial charge in [0, 0.05) is 6.20 Å². The van der Waals surface area contributed by atoms with Crippen LogP contribution in [0.4, 0.5) is 0 Å². The van der Waals surface area contributed by atoms with Crippen LogP contribution in [0, 0.1) is 0 Å². The van der Waals surface area contributed by atoms with Crippen molar-refractivity contribution in [3.05, 3.63) is 47.2 Å². The second-order valence-electron chi connectivity index (χ2n) is 5.03. The summed E-state index contributed by atoms with van der Waals surface area (Å²) in [6.07, 6.45) is 1.76. The lowest BCUT2D eigenvalue weighted by Crippen LogP contribution is -2.11. The van der Waals surface area contributed by atoms with Crippen molar-refractivity contribution >= 4 is 11.6 Å². The van der Waals surface area contributed by atoms with Crippen molar-refractivity contribution in [3.8, 4) is 11.4 Å². The number of rotatable bonds is 1. The Morgan fingerprint density at radius 1 is 1.06 bits per heavy atom. The summed E-state index contributed by atoms with van der Waals surface area (Å²) < 4.78 is 0. The van der Waals surface area contributed by atoms with E-state index in [0.29, 0.717) is 5.15 Å². The van der Waals surface area contributed by atoms with Crippen molar-refractivity contribution in [2.45, 2.75) is 26.2 Å². The molecule has 2 aromatic rings. The molecule has 0 aliphatic heterocycles. The number of hydrogen-bond donors (Lipinski definition) is 0. The van der Waals surface area contributed by atoms with E-state index in [-0.39, 0.29) is 5.41 Å². The van der Waals surface area contributed by atoms with Crippen LogP contribution >= 0.6 is 11.6 Å². The Hall–Kier alpha value is -1.41. The van der Waals surface area contributed by atoms with Crippen molar-refractivity contribution in [2.24, 2.45) is 0 Å². The summed E-state index contributed by atoms with van der Waals surface area (Å²) in [5.41, 5.74) is 2.89. The van der Waals surface area contributed by atoms with Gasteiger partial charge in [0.15, 0.2) is 0 Å². The molecule has 0 bridgehead atoms. The Labute approximate surface area is 107 Å². The average molecular weight is 247 g/mol. The molecule has 2 aromatic heterocycles. The van der Waals surface area contributed by atoms with Gasteiger partial charge in [-0.1, -0.05) is 38.4 Å². The SMILES string of the molecule is CC(C)(C)c1cc(Cl)nc(-c2ccccn2)c1. The van der Waals surface area contributed by atoms with Crippen LogP contribution in [0.25, 0.3) is 11.4 Å². The third kappa shape index (κ3) is 2.83.